The summed E-state index contributed by atoms with van der Waals surface area (Å²) in [6.45, 7) is 0.431. The summed E-state index contributed by atoms with van der Waals surface area (Å²) in [7, 11) is -1.26. The Kier molecular flexibility index (Phi) is 2.92. The molecule has 0 unspecified atom stereocenters. The van der Waals surface area contributed by atoms with Crippen LogP contribution in [-0.2, 0) is 14.6 Å². The molecule has 0 saturated carbocycles. The summed E-state index contributed by atoms with van der Waals surface area (Å²) >= 11 is 0. The van der Waals surface area contributed by atoms with Gasteiger partial charge in [-0.2, -0.15) is 0 Å². The van der Waals surface area contributed by atoms with E-state index < -0.39 is 15.8 Å². The lowest BCUT2D eigenvalue weighted by Crippen LogP contribution is -2.47. The van der Waals surface area contributed by atoms with Gasteiger partial charge in [0.15, 0.2) is 9.84 Å². The van der Waals surface area contributed by atoms with Crippen molar-refractivity contribution in [1.29, 1.82) is 0 Å². The third kappa shape index (κ3) is 2.96. The van der Waals surface area contributed by atoms with Gasteiger partial charge in [0.25, 0.3) is 0 Å². The van der Waals surface area contributed by atoms with Gasteiger partial charge in [0.05, 0.1) is 17.9 Å². The second-order valence-electron chi connectivity index (χ2n) is 3.35. The first-order valence-electron chi connectivity index (χ1n) is 4.03. The topological polar surface area (TPSA) is 74.7 Å². The average Bonchev–Trinajstić information content (AvgIpc) is 1.95. The van der Waals surface area contributed by atoms with Crippen molar-refractivity contribution in [2.24, 2.45) is 0 Å². The summed E-state index contributed by atoms with van der Waals surface area (Å²) in [6, 6.07) is -0.365. The minimum absolute atomic E-state index is 0.0319. The van der Waals surface area contributed by atoms with Crippen molar-refractivity contribution in [3.8, 4) is 0 Å². The molecule has 0 radical (unpaired) electrons. The molecule has 1 heterocycles. The number of hydrogen-bond acceptors (Lipinski definition) is 4. The highest BCUT2D eigenvalue weighted by Gasteiger charge is 2.30. The number of carbonyl (C=O) groups is 1. The van der Waals surface area contributed by atoms with Crippen molar-refractivity contribution in [3.05, 3.63) is 0 Å². The highest BCUT2D eigenvalue weighted by atomic mass is 32.2. The summed E-state index contributed by atoms with van der Waals surface area (Å²) in [5.74, 6) is -0.843. The maximum absolute atomic E-state index is 11.2. The first kappa shape index (κ1) is 10.5. The first-order valence-corrected chi connectivity index (χ1v) is 5.85. The van der Waals surface area contributed by atoms with Gasteiger partial charge in [0.2, 0.25) is 0 Å². The molecule has 0 amide bonds. The molecule has 1 N–H and O–H groups in total. The molecule has 0 spiro atoms. The molecule has 5 nitrogen and oxygen atoms in total. The minimum Gasteiger partial charge on any atom is -0.481 e. The van der Waals surface area contributed by atoms with E-state index in [9.17, 15) is 13.2 Å². The number of carboxylic acid groups (broad SMARTS) is 1. The van der Waals surface area contributed by atoms with E-state index in [0.29, 0.717) is 6.54 Å². The van der Waals surface area contributed by atoms with Crippen LogP contribution in [0.15, 0.2) is 0 Å². The molecule has 0 aromatic heterocycles. The summed E-state index contributed by atoms with van der Waals surface area (Å²) in [6.07, 6.45) is -0.101. The van der Waals surface area contributed by atoms with E-state index >= 15 is 0 Å². The zero-order valence-corrected chi connectivity index (χ0v) is 8.25. The van der Waals surface area contributed by atoms with Crippen molar-refractivity contribution >= 4 is 15.8 Å². The van der Waals surface area contributed by atoms with Crippen LogP contribution in [0.25, 0.3) is 0 Å². The molecule has 13 heavy (non-hydrogen) atoms. The van der Waals surface area contributed by atoms with Gasteiger partial charge in [-0.25, -0.2) is 8.42 Å². The fourth-order valence-electron chi connectivity index (χ4n) is 1.39. The summed E-state index contributed by atoms with van der Waals surface area (Å²) in [4.78, 5) is 12.2. The second-order valence-corrected chi connectivity index (χ2v) is 5.58. The molecule has 1 saturated heterocycles. The molecule has 0 aromatic rings. The normalized spacial score (nSPS) is 28.5. The molecule has 1 atom stereocenters. The van der Waals surface area contributed by atoms with Gasteiger partial charge in [-0.05, 0) is 7.05 Å². The molecule has 0 aromatic carbocycles. The Labute approximate surface area is 77.3 Å². The lowest BCUT2D eigenvalue weighted by atomic mass is 10.2. The Balaban J connectivity index is 2.66. The highest BCUT2D eigenvalue weighted by Crippen LogP contribution is 2.12. The monoisotopic (exact) mass is 207 g/mol. The number of hydrogen-bond donors (Lipinski definition) is 1. The van der Waals surface area contributed by atoms with Gasteiger partial charge in [-0.1, -0.05) is 0 Å². The first-order chi connectivity index (χ1) is 5.91. The number of carboxylic acids is 1. The standard InChI is InChI=1S/C7H13NO4S/c1-8-2-3-13(11,12)5-6(8)4-7(9)10/h6H,2-5H2,1H3,(H,9,10)/t6-/m1/s1. The Morgan fingerprint density at radius 1 is 1.62 bits per heavy atom. The van der Waals surface area contributed by atoms with Gasteiger partial charge < -0.3 is 10.0 Å². The maximum Gasteiger partial charge on any atom is 0.304 e. The molecule has 76 valence electrons. The molecule has 6 heteroatoms. The SMILES string of the molecule is CN1CCS(=O)(=O)C[C@H]1CC(=O)O. The number of aliphatic carboxylic acids is 1. The fraction of sp³-hybridized carbons (Fsp3) is 0.857. The van der Waals surface area contributed by atoms with E-state index in [1.54, 1.807) is 11.9 Å². The Hall–Kier alpha value is -0.620. The van der Waals surface area contributed by atoms with Crippen molar-refractivity contribution < 1.29 is 18.3 Å². The predicted molar refractivity (Wildman–Crippen MR) is 47.3 cm³/mol. The zero-order chi connectivity index (χ0) is 10.1. The fourth-order valence-corrected chi connectivity index (χ4v) is 3.08. The minimum atomic E-state index is -3.02. The van der Waals surface area contributed by atoms with Crippen LogP contribution in [0.1, 0.15) is 6.42 Å². The van der Waals surface area contributed by atoms with Crippen LogP contribution in [0.4, 0.5) is 0 Å². The lowest BCUT2D eigenvalue weighted by Gasteiger charge is -2.30. The molecular formula is C7H13NO4S. The van der Waals surface area contributed by atoms with Gasteiger partial charge >= 0.3 is 5.97 Å². The molecule has 1 fully saturated rings. The summed E-state index contributed by atoms with van der Waals surface area (Å²) < 4.78 is 22.3. The number of rotatable bonds is 2. The van der Waals surface area contributed by atoms with Gasteiger partial charge in [0.1, 0.15) is 0 Å². The van der Waals surface area contributed by atoms with Crippen LogP contribution < -0.4 is 0 Å². The average molecular weight is 207 g/mol. The predicted octanol–water partition coefficient (Wildman–Crippen LogP) is -0.810. The van der Waals surface area contributed by atoms with Gasteiger partial charge in [-0.3, -0.25) is 4.79 Å². The van der Waals surface area contributed by atoms with E-state index in [2.05, 4.69) is 0 Å². The third-order valence-corrected chi connectivity index (χ3v) is 3.93. The molecule has 0 aliphatic carbocycles. The third-order valence-electron chi connectivity index (χ3n) is 2.23. The van der Waals surface area contributed by atoms with Crippen molar-refractivity contribution in [1.82, 2.24) is 4.90 Å². The van der Waals surface area contributed by atoms with Crippen molar-refractivity contribution in [2.45, 2.75) is 12.5 Å². The summed E-state index contributed by atoms with van der Waals surface area (Å²) in [5.41, 5.74) is 0. The van der Waals surface area contributed by atoms with E-state index in [-0.39, 0.29) is 24.0 Å². The van der Waals surface area contributed by atoms with E-state index in [1.165, 1.54) is 0 Å². The van der Waals surface area contributed by atoms with Crippen LogP contribution in [-0.4, -0.2) is 55.5 Å². The van der Waals surface area contributed by atoms with Crippen LogP contribution >= 0.6 is 0 Å². The molecule has 1 aliphatic rings. The van der Waals surface area contributed by atoms with Crippen LogP contribution in [0, 0.1) is 0 Å². The van der Waals surface area contributed by atoms with E-state index in [0.717, 1.165) is 0 Å². The Morgan fingerprint density at radius 3 is 2.77 bits per heavy atom. The zero-order valence-electron chi connectivity index (χ0n) is 7.43. The molecule has 1 aliphatic heterocycles. The smallest absolute Gasteiger partial charge is 0.304 e. The van der Waals surface area contributed by atoms with E-state index in [4.69, 9.17) is 5.11 Å². The van der Waals surface area contributed by atoms with Gasteiger partial charge in [-0.15, -0.1) is 0 Å². The van der Waals surface area contributed by atoms with Crippen LogP contribution in [0.2, 0.25) is 0 Å². The largest absolute Gasteiger partial charge is 0.481 e. The van der Waals surface area contributed by atoms with Crippen LogP contribution in [0.3, 0.4) is 0 Å². The van der Waals surface area contributed by atoms with Crippen molar-refractivity contribution in [3.63, 3.8) is 0 Å². The Bertz CT molecular complexity index is 298. The van der Waals surface area contributed by atoms with Gasteiger partial charge in [0, 0.05) is 12.6 Å². The highest BCUT2D eigenvalue weighted by molar-refractivity contribution is 7.91. The molecule has 1 rings (SSSR count). The summed E-state index contributed by atoms with van der Waals surface area (Å²) in [5, 5.41) is 8.53. The quantitative estimate of drug-likeness (QED) is 0.641. The molecular weight excluding hydrogens is 194 g/mol. The van der Waals surface area contributed by atoms with E-state index in [1.807, 2.05) is 0 Å². The number of nitrogens with zero attached hydrogens (tertiary/aromatic N) is 1. The maximum atomic E-state index is 11.2. The van der Waals surface area contributed by atoms with Crippen molar-refractivity contribution in [2.75, 3.05) is 25.1 Å². The molecule has 0 bridgehead atoms. The Morgan fingerprint density at radius 2 is 2.23 bits per heavy atom. The lowest BCUT2D eigenvalue weighted by molar-refractivity contribution is -0.138. The second kappa shape index (κ2) is 3.63. The van der Waals surface area contributed by atoms with Crippen LogP contribution in [0.5, 0.6) is 0 Å². The number of sulfone groups is 1.